The van der Waals surface area contributed by atoms with Gasteiger partial charge in [0, 0.05) is 42.8 Å². The summed E-state index contributed by atoms with van der Waals surface area (Å²) in [6.45, 7) is 2.94. The molecule has 1 aromatic heterocycles. The highest BCUT2D eigenvalue weighted by molar-refractivity contribution is 7.14. The largest absolute Gasteiger partial charge is 0.368 e. The summed E-state index contributed by atoms with van der Waals surface area (Å²) >= 11 is 1.27. The molecule has 0 radical (unpaired) electrons. The first kappa shape index (κ1) is 20.0. The Morgan fingerprint density at radius 1 is 1.00 bits per heavy atom. The average Bonchev–Trinajstić information content (AvgIpc) is 3.21. The number of nitrogens with one attached hydrogen (secondary N) is 1. The molecular weight excluding hydrogens is 403 g/mol. The van der Waals surface area contributed by atoms with Crippen LogP contribution in [-0.2, 0) is 11.2 Å². The molecule has 2 heterocycles. The van der Waals surface area contributed by atoms with Gasteiger partial charge in [-0.05, 0) is 36.4 Å². The van der Waals surface area contributed by atoms with E-state index in [0.717, 1.165) is 13.1 Å². The number of halogens is 1. The number of hydrogen-bond donors (Lipinski definition) is 1. The predicted molar refractivity (Wildman–Crippen MR) is 115 cm³/mol. The summed E-state index contributed by atoms with van der Waals surface area (Å²) in [5, 5.41) is 4.88. The molecule has 1 fully saturated rings. The molecule has 1 N–H and O–H groups in total. The quantitative estimate of drug-likeness (QED) is 0.682. The second-order valence-electron chi connectivity index (χ2n) is 6.99. The number of carbonyl (C=O) groups excluding carboxylic acids is 2. The first-order chi connectivity index (χ1) is 14.6. The first-order valence-corrected chi connectivity index (χ1v) is 10.6. The van der Waals surface area contributed by atoms with Gasteiger partial charge in [0.1, 0.15) is 5.82 Å². The second-order valence-corrected chi connectivity index (χ2v) is 7.84. The SMILES string of the molecule is O=C(Nc1nc(CC(=O)N2CCN(c3ccccc3)CC2)cs1)c1ccc(F)cc1. The van der Waals surface area contributed by atoms with Gasteiger partial charge in [0.15, 0.2) is 5.13 Å². The van der Waals surface area contributed by atoms with Gasteiger partial charge in [-0.1, -0.05) is 18.2 Å². The van der Waals surface area contributed by atoms with Crippen molar-refractivity contribution in [1.82, 2.24) is 9.88 Å². The molecule has 2 amide bonds. The van der Waals surface area contributed by atoms with Crippen LogP contribution in [0.1, 0.15) is 16.1 Å². The van der Waals surface area contributed by atoms with Crippen molar-refractivity contribution < 1.29 is 14.0 Å². The van der Waals surface area contributed by atoms with Crippen molar-refractivity contribution in [2.24, 2.45) is 0 Å². The van der Waals surface area contributed by atoms with Crippen molar-refractivity contribution in [1.29, 1.82) is 0 Å². The Morgan fingerprint density at radius 2 is 1.70 bits per heavy atom. The molecule has 0 saturated carbocycles. The molecule has 1 saturated heterocycles. The predicted octanol–water partition coefficient (Wildman–Crippen LogP) is 3.43. The van der Waals surface area contributed by atoms with Crippen LogP contribution in [0, 0.1) is 5.82 Å². The smallest absolute Gasteiger partial charge is 0.257 e. The molecule has 8 heteroatoms. The number of aromatic nitrogens is 1. The monoisotopic (exact) mass is 424 g/mol. The van der Waals surface area contributed by atoms with E-state index in [4.69, 9.17) is 0 Å². The van der Waals surface area contributed by atoms with E-state index in [2.05, 4.69) is 27.3 Å². The van der Waals surface area contributed by atoms with Crippen LogP contribution in [0.15, 0.2) is 60.0 Å². The van der Waals surface area contributed by atoms with E-state index in [1.54, 1.807) is 5.38 Å². The summed E-state index contributed by atoms with van der Waals surface area (Å²) in [4.78, 5) is 33.3. The van der Waals surface area contributed by atoms with E-state index in [1.807, 2.05) is 23.1 Å². The number of benzene rings is 2. The lowest BCUT2D eigenvalue weighted by molar-refractivity contribution is -0.130. The van der Waals surface area contributed by atoms with Crippen molar-refractivity contribution in [2.45, 2.75) is 6.42 Å². The fourth-order valence-electron chi connectivity index (χ4n) is 3.34. The van der Waals surface area contributed by atoms with Crippen molar-refractivity contribution in [3.05, 3.63) is 77.1 Å². The van der Waals surface area contributed by atoms with Crippen LogP contribution < -0.4 is 10.2 Å². The van der Waals surface area contributed by atoms with E-state index < -0.39 is 5.82 Å². The summed E-state index contributed by atoms with van der Waals surface area (Å²) in [5.41, 5.74) is 2.15. The van der Waals surface area contributed by atoms with Crippen LogP contribution in [0.3, 0.4) is 0 Å². The number of piperazine rings is 1. The molecule has 1 aliphatic heterocycles. The molecule has 1 aliphatic rings. The lowest BCUT2D eigenvalue weighted by Crippen LogP contribution is -2.49. The van der Waals surface area contributed by atoms with Crippen LogP contribution in [0.5, 0.6) is 0 Å². The Balaban J connectivity index is 1.29. The Morgan fingerprint density at radius 3 is 2.40 bits per heavy atom. The third kappa shape index (κ3) is 4.83. The zero-order chi connectivity index (χ0) is 20.9. The van der Waals surface area contributed by atoms with Crippen LogP contribution in [0.25, 0.3) is 0 Å². The fourth-order valence-corrected chi connectivity index (χ4v) is 4.04. The van der Waals surface area contributed by atoms with Crippen LogP contribution >= 0.6 is 11.3 Å². The number of carbonyl (C=O) groups is 2. The van der Waals surface area contributed by atoms with Gasteiger partial charge in [-0.3, -0.25) is 14.9 Å². The first-order valence-electron chi connectivity index (χ1n) is 9.67. The van der Waals surface area contributed by atoms with Crippen LogP contribution in [0.2, 0.25) is 0 Å². The van der Waals surface area contributed by atoms with E-state index in [9.17, 15) is 14.0 Å². The molecule has 6 nitrogen and oxygen atoms in total. The standard InChI is InChI=1S/C22H21FN4O2S/c23-17-8-6-16(7-9-17)21(29)25-22-24-18(15-30-22)14-20(28)27-12-10-26(11-13-27)19-4-2-1-3-5-19/h1-9,15H,10-14H2,(H,24,25,29). The zero-order valence-electron chi connectivity index (χ0n) is 16.3. The number of anilines is 2. The van der Waals surface area contributed by atoms with Gasteiger partial charge in [-0.25, -0.2) is 9.37 Å². The van der Waals surface area contributed by atoms with Gasteiger partial charge < -0.3 is 9.80 Å². The molecule has 30 heavy (non-hydrogen) atoms. The third-order valence-corrected chi connectivity index (χ3v) is 5.77. The van der Waals surface area contributed by atoms with Crippen molar-refractivity contribution >= 4 is 34.0 Å². The molecule has 0 bridgehead atoms. The molecule has 2 aromatic carbocycles. The average molecular weight is 425 g/mol. The maximum atomic E-state index is 13.0. The summed E-state index contributed by atoms with van der Waals surface area (Å²) < 4.78 is 13.0. The normalized spacial score (nSPS) is 13.9. The highest BCUT2D eigenvalue weighted by Crippen LogP contribution is 2.19. The highest BCUT2D eigenvalue weighted by atomic mass is 32.1. The van der Waals surface area contributed by atoms with Gasteiger partial charge in [0.25, 0.3) is 5.91 Å². The lowest BCUT2D eigenvalue weighted by Gasteiger charge is -2.36. The van der Waals surface area contributed by atoms with Gasteiger partial charge in [-0.15, -0.1) is 11.3 Å². The van der Waals surface area contributed by atoms with Gasteiger partial charge in [0.05, 0.1) is 12.1 Å². The number of hydrogen-bond acceptors (Lipinski definition) is 5. The number of rotatable bonds is 5. The summed E-state index contributed by atoms with van der Waals surface area (Å²) in [6.07, 6.45) is 0.203. The van der Waals surface area contributed by atoms with Crippen molar-refractivity contribution in [3.8, 4) is 0 Å². The third-order valence-electron chi connectivity index (χ3n) is 4.96. The minimum atomic E-state index is -0.397. The molecule has 0 aliphatic carbocycles. The summed E-state index contributed by atoms with van der Waals surface area (Å²) in [7, 11) is 0. The van der Waals surface area contributed by atoms with Crippen LogP contribution in [0.4, 0.5) is 15.2 Å². The minimum absolute atomic E-state index is 0.0319. The van der Waals surface area contributed by atoms with Gasteiger partial charge >= 0.3 is 0 Å². The maximum absolute atomic E-state index is 13.0. The maximum Gasteiger partial charge on any atom is 0.257 e. The summed E-state index contributed by atoms with van der Waals surface area (Å²) in [5.74, 6) is -0.727. The van der Waals surface area contributed by atoms with Gasteiger partial charge in [-0.2, -0.15) is 0 Å². The van der Waals surface area contributed by atoms with Gasteiger partial charge in [0.2, 0.25) is 5.91 Å². The minimum Gasteiger partial charge on any atom is -0.368 e. The van der Waals surface area contributed by atoms with Crippen LogP contribution in [-0.4, -0.2) is 47.9 Å². The fraction of sp³-hybridized carbons (Fsp3) is 0.227. The number of para-hydroxylation sites is 1. The van der Waals surface area contributed by atoms with E-state index in [1.165, 1.54) is 41.3 Å². The van der Waals surface area contributed by atoms with E-state index >= 15 is 0 Å². The van der Waals surface area contributed by atoms with E-state index in [-0.39, 0.29) is 18.2 Å². The molecule has 3 aromatic rings. The second kappa shape index (κ2) is 9.04. The van der Waals surface area contributed by atoms with Crippen molar-refractivity contribution in [2.75, 3.05) is 36.4 Å². The Kier molecular flexibility index (Phi) is 6.04. The topological polar surface area (TPSA) is 65.5 Å². The molecule has 154 valence electrons. The molecule has 4 rings (SSSR count). The Labute approximate surface area is 178 Å². The molecule has 0 spiro atoms. The highest BCUT2D eigenvalue weighted by Gasteiger charge is 2.22. The number of nitrogens with zero attached hydrogens (tertiary/aromatic N) is 3. The Bertz CT molecular complexity index is 1020. The summed E-state index contributed by atoms with van der Waals surface area (Å²) in [6, 6.07) is 15.5. The van der Waals surface area contributed by atoms with Crippen molar-refractivity contribution in [3.63, 3.8) is 0 Å². The lowest BCUT2D eigenvalue weighted by atomic mass is 10.2. The zero-order valence-corrected chi connectivity index (χ0v) is 17.1. The molecule has 0 atom stereocenters. The van der Waals surface area contributed by atoms with E-state index in [0.29, 0.717) is 29.5 Å². The number of thiazole rings is 1. The molecule has 0 unspecified atom stereocenters. The Hall–Kier alpha value is -3.26. The number of amides is 2. The molecular formula is C22H21FN4O2S.